The van der Waals surface area contributed by atoms with Gasteiger partial charge in [-0.3, -0.25) is 0 Å². The Morgan fingerprint density at radius 3 is 2.81 bits per heavy atom. The Kier molecular flexibility index (Phi) is 3.87. The van der Waals surface area contributed by atoms with Gasteiger partial charge in [-0.15, -0.1) is 21.8 Å². The number of aromatic nitrogens is 5. The molecule has 3 rings (SSSR count). The van der Waals surface area contributed by atoms with Gasteiger partial charge in [-0.05, 0) is 19.1 Å². The normalized spacial score (nSPS) is 13.0. The number of rotatable bonds is 4. The minimum atomic E-state index is -0.187. The Labute approximate surface area is 132 Å². The molecule has 0 spiro atoms. The first-order chi connectivity index (χ1) is 10.1. The van der Waals surface area contributed by atoms with Crippen LogP contribution in [0.25, 0.3) is 11.0 Å². The molecule has 0 saturated heterocycles. The summed E-state index contributed by atoms with van der Waals surface area (Å²) in [5.41, 5.74) is 1.78. The summed E-state index contributed by atoms with van der Waals surface area (Å²) in [6, 6.07) is 5.71. The molecule has 1 aromatic carbocycles. The van der Waals surface area contributed by atoms with Crippen LogP contribution in [-0.4, -0.2) is 24.3 Å². The maximum atomic E-state index is 6.34. The summed E-state index contributed by atoms with van der Waals surface area (Å²) in [4.78, 5) is 4.60. The van der Waals surface area contributed by atoms with Crippen LogP contribution in [0.2, 0.25) is 5.02 Å². The quantitative estimate of drug-likeness (QED) is 0.692. The van der Waals surface area contributed by atoms with E-state index in [0.29, 0.717) is 11.6 Å². The van der Waals surface area contributed by atoms with E-state index in [-0.39, 0.29) is 5.38 Å². The highest BCUT2D eigenvalue weighted by molar-refractivity contribution is 6.35. The van der Waals surface area contributed by atoms with Crippen molar-refractivity contribution >= 4 is 34.2 Å². The highest BCUT2D eigenvalue weighted by atomic mass is 35.5. The summed E-state index contributed by atoms with van der Waals surface area (Å²) >= 11 is 12.6. The van der Waals surface area contributed by atoms with Gasteiger partial charge in [-0.2, -0.15) is 0 Å². The van der Waals surface area contributed by atoms with E-state index in [1.807, 2.05) is 36.7 Å². The van der Waals surface area contributed by atoms with Gasteiger partial charge >= 0.3 is 0 Å². The van der Waals surface area contributed by atoms with Crippen LogP contribution in [0.3, 0.4) is 0 Å². The molecule has 0 bridgehead atoms. The van der Waals surface area contributed by atoms with E-state index in [4.69, 9.17) is 23.2 Å². The van der Waals surface area contributed by atoms with Gasteiger partial charge in [-0.25, -0.2) is 4.98 Å². The van der Waals surface area contributed by atoms with Crippen LogP contribution >= 0.6 is 23.2 Å². The molecule has 1 atom stereocenters. The molecular formula is C14H15Cl2N5. The number of hydrogen-bond donors (Lipinski definition) is 0. The van der Waals surface area contributed by atoms with Crippen LogP contribution in [-0.2, 0) is 20.0 Å². The van der Waals surface area contributed by atoms with Gasteiger partial charge in [0.2, 0.25) is 0 Å². The van der Waals surface area contributed by atoms with E-state index < -0.39 is 0 Å². The second-order valence-corrected chi connectivity index (χ2v) is 6.02. The van der Waals surface area contributed by atoms with Crippen LogP contribution in [0.15, 0.2) is 24.5 Å². The highest BCUT2D eigenvalue weighted by Gasteiger charge is 2.17. The predicted octanol–water partition coefficient (Wildman–Crippen LogP) is 3.36. The van der Waals surface area contributed by atoms with E-state index in [1.165, 1.54) is 0 Å². The van der Waals surface area contributed by atoms with Crippen molar-refractivity contribution in [2.45, 2.75) is 25.3 Å². The lowest BCUT2D eigenvalue weighted by molar-refractivity contribution is 0.632. The van der Waals surface area contributed by atoms with Gasteiger partial charge in [0.15, 0.2) is 0 Å². The number of halogens is 2. The van der Waals surface area contributed by atoms with E-state index >= 15 is 0 Å². The molecule has 0 fully saturated rings. The second-order valence-electron chi connectivity index (χ2n) is 4.95. The molecule has 2 aromatic heterocycles. The number of aryl methyl sites for hydroxylation is 3. The summed E-state index contributed by atoms with van der Waals surface area (Å²) in [6.07, 6.45) is 2.43. The number of nitrogens with zero attached hydrogens (tertiary/aromatic N) is 5. The first-order valence-electron chi connectivity index (χ1n) is 6.69. The zero-order valence-corrected chi connectivity index (χ0v) is 13.3. The lowest BCUT2D eigenvalue weighted by Crippen LogP contribution is -2.09. The average Bonchev–Trinajstić information content (AvgIpc) is 3.01. The van der Waals surface area contributed by atoms with Gasteiger partial charge < -0.3 is 9.13 Å². The van der Waals surface area contributed by atoms with Crippen molar-refractivity contribution in [1.82, 2.24) is 24.3 Å². The van der Waals surface area contributed by atoms with Crippen LogP contribution in [0.1, 0.15) is 23.9 Å². The minimum absolute atomic E-state index is 0.187. The third kappa shape index (κ3) is 2.63. The average molecular weight is 324 g/mol. The summed E-state index contributed by atoms with van der Waals surface area (Å²) in [6.45, 7) is 2.62. The largest absolute Gasteiger partial charge is 0.325 e. The molecule has 5 nitrogen and oxygen atoms in total. The fourth-order valence-corrected chi connectivity index (χ4v) is 2.87. The monoisotopic (exact) mass is 323 g/mol. The molecule has 0 aliphatic carbocycles. The van der Waals surface area contributed by atoms with E-state index in [0.717, 1.165) is 29.1 Å². The maximum absolute atomic E-state index is 6.34. The Morgan fingerprint density at radius 2 is 2.14 bits per heavy atom. The zero-order valence-electron chi connectivity index (χ0n) is 11.8. The number of benzene rings is 1. The standard InChI is InChI=1S/C14H15Cl2N5/c1-9(15)14-18-11-5-3-4-10(16)13(11)21(14)7-6-12-19-17-8-20(12)2/h3-5,8-9H,6-7H2,1-2H3. The maximum Gasteiger partial charge on any atom is 0.134 e. The summed E-state index contributed by atoms with van der Waals surface area (Å²) in [5.74, 6) is 1.74. The Hall–Kier alpha value is -1.59. The van der Waals surface area contributed by atoms with Gasteiger partial charge in [0.05, 0.1) is 21.4 Å². The lowest BCUT2D eigenvalue weighted by Gasteiger charge is -2.10. The Morgan fingerprint density at radius 1 is 1.33 bits per heavy atom. The van der Waals surface area contributed by atoms with Crippen molar-refractivity contribution in [3.05, 3.63) is 41.2 Å². The van der Waals surface area contributed by atoms with Crippen molar-refractivity contribution < 1.29 is 0 Å². The van der Waals surface area contributed by atoms with Gasteiger partial charge in [0.1, 0.15) is 18.0 Å². The van der Waals surface area contributed by atoms with Crippen LogP contribution in [0, 0.1) is 0 Å². The van der Waals surface area contributed by atoms with Crippen LogP contribution < -0.4 is 0 Å². The number of imidazole rings is 1. The second kappa shape index (κ2) is 5.66. The van der Waals surface area contributed by atoms with Crippen molar-refractivity contribution in [2.24, 2.45) is 7.05 Å². The molecule has 1 unspecified atom stereocenters. The van der Waals surface area contributed by atoms with Gasteiger partial charge in [-0.1, -0.05) is 17.7 Å². The molecule has 110 valence electrons. The first-order valence-corrected chi connectivity index (χ1v) is 7.51. The highest BCUT2D eigenvalue weighted by Crippen LogP contribution is 2.29. The molecule has 0 saturated carbocycles. The number of para-hydroxylation sites is 1. The number of fused-ring (bicyclic) bond motifs is 1. The molecule has 21 heavy (non-hydrogen) atoms. The summed E-state index contributed by atoms with van der Waals surface area (Å²) in [5, 5.41) is 8.50. The smallest absolute Gasteiger partial charge is 0.134 e. The third-order valence-electron chi connectivity index (χ3n) is 3.47. The summed E-state index contributed by atoms with van der Waals surface area (Å²) in [7, 11) is 1.93. The molecule has 0 N–H and O–H groups in total. The van der Waals surface area contributed by atoms with E-state index in [1.54, 1.807) is 6.33 Å². The van der Waals surface area contributed by atoms with Crippen molar-refractivity contribution in [1.29, 1.82) is 0 Å². The molecule has 0 radical (unpaired) electrons. The molecule has 0 amide bonds. The molecular weight excluding hydrogens is 309 g/mol. The number of hydrogen-bond acceptors (Lipinski definition) is 3. The first kappa shape index (κ1) is 14.4. The number of alkyl halides is 1. The molecule has 0 aliphatic rings. The minimum Gasteiger partial charge on any atom is -0.325 e. The molecule has 7 heteroatoms. The van der Waals surface area contributed by atoms with Gasteiger partial charge in [0.25, 0.3) is 0 Å². The SMILES string of the molecule is CC(Cl)c1nc2cccc(Cl)c2n1CCc1nncn1C. The van der Waals surface area contributed by atoms with Crippen LogP contribution in [0.4, 0.5) is 0 Å². The summed E-state index contributed by atoms with van der Waals surface area (Å²) < 4.78 is 3.98. The van der Waals surface area contributed by atoms with Gasteiger partial charge in [0, 0.05) is 20.0 Å². The van der Waals surface area contributed by atoms with Crippen molar-refractivity contribution in [2.75, 3.05) is 0 Å². The Balaban J connectivity index is 2.03. The fraction of sp³-hybridized carbons (Fsp3) is 0.357. The van der Waals surface area contributed by atoms with Crippen molar-refractivity contribution in [3.63, 3.8) is 0 Å². The molecule has 3 aromatic rings. The molecule has 0 aliphatic heterocycles. The molecule has 2 heterocycles. The zero-order chi connectivity index (χ0) is 15.0. The van der Waals surface area contributed by atoms with E-state index in [9.17, 15) is 0 Å². The third-order valence-corrected chi connectivity index (χ3v) is 3.97. The predicted molar refractivity (Wildman–Crippen MR) is 83.7 cm³/mol. The topological polar surface area (TPSA) is 48.5 Å². The fourth-order valence-electron chi connectivity index (χ4n) is 2.43. The Bertz CT molecular complexity index is 775. The van der Waals surface area contributed by atoms with E-state index in [2.05, 4.69) is 19.7 Å². The lowest BCUT2D eigenvalue weighted by atomic mass is 10.3. The van der Waals surface area contributed by atoms with Crippen LogP contribution in [0.5, 0.6) is 0 Å². The van der Waals surface area contributed by atoms with Crippen molar-refractivity contribution in [3.8, 4) is 0 Å².